The van der Waals surface area contributed by atoms with E-state index in [9.17, 15) is 4.79 Å². The number of thiazole rings is 1. The lowest BCUT2D eigenvalue weighted by atomic mass is 10.1. The minimum Gasteiger partial charge on any atom is -0.494 e. The van der Waals surface area contributed by atoms with E-state index in [1.54, 1.807) is 18.4 Å². The highest BCUT2D eigenvalue weighted by Gasteiger charge is 2.19. The first-order chi connectivity index (χ1) is 15.5. The molecule has 0 spiro atoms. The standard InChI is InChI=1S/C25H25N3O2S2/c1-15-14-17(28-12-4-5-13-28)7-8-18(15)24(29)27-25-26-22-20(30-3)10-9-19(23(22)32-25)21-11-6-16(2)31-21/h6-11,14H,4-5,12-13H2,1-3H3,(H,26,27,29). The first-order valence-electron chi connectivity index (χ1n) is 10.7. The maximum Gasteiger partial charge on any atom is 0.257 e. The molecule has 1 aliphatic heterocycles. The maximum atomic E-state index is 13.1. The predicted molar refractivity (Wildman–Crippen MR) is 135 cm³/mol. The summed E-state index contributed by atoms with van der Waals surface area (Å²) in [6.45, 7) is 6.27. The Morgan fingerprint density at radius 2 is 1.88 bits per heavy atom. The molecule has 1 fully saturated rings. The molecule has 0 bridgehead atoms. The SMILES string of the molecule is COc1ccc(-c2ccc(C)s2)c2sc(NC(=O)c3ccc(N4CCCC4)cc3C)nc12. The van der Waals surface area contributed by atoms with E-state index in [0.717, 1.165) is 34.4 Å². The molecule has 1 saturated heterocycles. The van der Waals surface area contributed by atoms with E-state index < -0.39 is 0 Å². The number of aromatic nitrogens is 1. The first kappa shape index (κ1) is 21.0. The molecule has 0 unspecified atom stereocenters. The van der Waals surface area contributed by atoms with Crippen molar-refractivity contribution in [3.8, 4) is 16.2 Å². The lowest BCUT2D eigenvalue weighted by molar-refractivity contribution is 0.102. The Morgan fingerprint density at radius 1 is 1.06 bits per heavy atom. The molecule has 5 rings (SSSR count). The Kier molecular flexibility index (Phi) is 5.61. The van der Waals surface area contributed by atoms with Gasteiger partial charge < -0.3 is 9.64 Å². The van der Waals surface area contributed by atoms with Gasteiger partial charge in [-0.3, -0.25) is 10.1 Å². The van der Waals surface area contributed by atoms with E-state index in [-0.39, 0.29) is 5.91 Å². The van der Waals surface area contributed by atoms with Crippen molar-refractivity contribution in [3.63, 3.8) is 0 Å². The highest BCUT2D eigenvalue weighted by Crippen LogP contribution is 2.41. The van der Waals surface area contributed by atoms with Crippen molar-refractivity contribution in [2.24, 2.45) is 0 Å². The van der Waals surface area contributed by atoms with Crippen LogP contribution < -0.4 is 15.0 Å². The fourth-order valence-corrected chi connectivity index (χ4v) is 6.18. The van der Waals surface area contributed by atoms with E-state index in [4.69, 9.17) is 9.72 Å². The Morgan fingerprint density at radius 3 is 2.56 bits per heavy atom. The number of thiophene rings is 1. The number of amides is 1. The zero-order chi connectivity index (χ0) is 22.2. The number of ether oxygens (including phenoxy) is 1. The van der Waals surface area contributed by atoms with Gasteiger partial charge in [0.25, 0.3) is 5.91 Å². The van der Waals surface area contributed by atoms with Crippen LogP contribution in [0.2, 0.25) is 0 Å². The average molecular weight is 464 g/mol. The summed E-state index contributed by atoms with van der Waals surface area (Å²) in [6.07, 6.45) is 2.46. The molecule has 32 heavy (non-hydrogen) atoms. The molecular weight excluding hydrogens is 438 g/mol. The second-order valence-electron chi connectivity index (χ2n) is 8.07. The van der Waals surface area contributed by atoms with Crippen LogP contribution in [0.4, 0.5) is 10.8 Å². The molecule has 1 amide bonds. The summed E-state index contributed by atoms with van der Waals surface area (Å²) < 4.78 is 6.55. The van der Waals surface area contributed by atoms with Crippen molar-refractivity contribution in [3.05, 3.63) is 58.5 Å². The summed E-state index contributed by atoms with van der Waals surface area (Å²) in [7, 11) is 1.65. The Balaban J connectivity index is 1.45. The van der Waals surface area contributed by atoms with Crippen LogP contribution in [0.3, 0.4) is 0 Å². The largest absolute Gasteiger partial charge is 0.494 e. The number of hydrogen-bond acceptors (Lipinski definition) is 6. The summed E-state index contributed by atoms with van der Waals surface area (Å²) in [4.78, 5) is 22.6. The lowest BCUT2D eigenvalue weighted by Crippen LogP contribution is -2.19. The fraction of sp³-hybridized carbons (Fsp3) is 0.280. The van der Waals surface area contributed by atoms with Gasteiger partial charge in [-0.25, -0.2) is 4.98 Å². The van der Waals surface area contributed by atoms with Gasteiger partial charge in [-0.15, -0.1) is 11.3 Å². The van der Waals surface area contributed by atoms with Gasteiger partial charge in [0, 0.05) is 39.7 Å². The number of methoxy groups -OCH3 is 1. The minimum absolute atomic E-state index is 0.137. The summed E-state index contributed by atoms with van der Waals surface area (Å²) in [5, 5.41) is 3.59. The van der Waals surface area contributed by atoms with Gasteiger partial charge in [-0.05, 0) is 74.7 Å². The molecule has 7 heteroatoms. The number of carbonyl (C=O) groups excluding carboxylic acids is 1. The van der Waals surface area contributed by atoms with Crippen LogP contribution in [0, 0.1) is 13.8 Å². The maximum absolute atomic E-state index is 13.1. The zero-order valence-corrected chi connectivity index (χ0v) is 20.0. The van der Waals surface area contributed by atoms with Crippen LogP contribution in [0.25, 0.3) is 20.7 Å². The fourth-order valence-electron chi connectivity index (χ4n) is 4.21. The highest BCUT2D eigenvalue weighted by atomic mass is 32.1. The van der Waals surface area contributed by atoms with Gasteiger partial charge in [0.15, 0.2) is 5.13 Å². The molecule has 2 aromatic heterocycles. The minimum atomic E-state index is -0.137. The monoisotopic (exact) mass is 463 g/mol. The Labute approximate surface area is 195 Å². The Bertz CT molecular complexity index is 1300. The van der Waals surface area contributed by atoms with Gasteiger partial charge in [0.2, 0.25) is 0 Å². The molecule has 1 aliphatic rings. The van der Waals surface area contributed by atoms with E-state index in [2.05, 4.69) is 41.4 Å². The predicted octanol–water partition coefficient (Wildman–Crippen LogP) is 6.50. The molecule has 3 heterocycles. The van der Waals surface area contributed by atoms with Crippen LogP contribution in [0.15, 0.2) is 42.5 Å². The molecule has 0 saturated carbocycles. The number of hydrogen-bond donors (Lipinski definition) is 1. The molecule has 4 aromatic rings. The van der Waals surface area contributed by atoms with Crippen LogP contribution in [0.1, 0.15) is 33.6 Å². The Hall–Kier alpha value is -2.90. The number of nitrogens with one attached hydrogen (secondary N) is 1. The third kappa shape index (κ3) is 3.87. The van der Waals surface area contributed by atoms with Crippen molar-refractivity contribution in [1.82, 2.24) is 4.98 Å². The van der Waals surface area contributed by atoms with Gasteiger partial charge >= 0.3 is 0 Å². The molecule has 0 atom stereocenters. The van der Waals surface area contributed by atoms with E-state index >= 15 is 0 Å². The number of aryl methyl sites for hydroxylation is 2. The number of benzene rings is 2. The molecule has 0 radical (unpaired) electrons. The second-order valence-corrected chi connectivity index (χ2v) is 10.4. The lowest BCUT2D eigenvalue weighted by Gasteiger charge is -2.19. The summed E-state index contributed by atoms with van der Waals surface area (Å²) >= 11 is 3.23. The smallest absolute Gasteiger partial charge is 0.257 e. The van der Waals surface area contributed by atoms with Crippen molar-refractivity contribution >= 4 is 49.6 Å². The van der Waals surface area contributed by atoms with Gasteiger partial charge in [-0.2, -0.15) is 0 Å². The van der Waals surface area contributed by atoms with Crippen LogP contribution in [-0.4, -0.2) is 31.1 Å². The molecule has 0 aliphatic carbocycles. The number of carbonyl (C=O) groups is 1. The summed E-state index contributed by atoms with van der Waals surface area (Å²) in [5.41, 5.74) is 4.73. The van der Waals surface area contributed by atoms with Crippen molar-refractivity contribution in [1.29, 1.82) is 0 Å². The third-order valence-electron chi connectivity index (χ3n) is 5.88. The molecule has 164 valence electrons. The summed E-state index contributed by atoms with van der Waals surface area (Å²) in [5.74, 6) is 0.571. The molecule has 5 nitrogen and oxygen atoms in total. The van der Waals surface area contributed by atoms with Crippen LogP contribution >= 0.6 is 22.7 Å². The summed E-state index contributed by atoms with van der Waals surface area (Å²) in [6, 6.07) is 14.3. The van der Waals surface area contributed by atoms with E-state index in [1.165, 1.54) is 39.6 Å². The first-order valence-corrected chi connectivity index (χ1v) is 12.4. The molecule has 1 N–H and O–H groups in total. The van der Waals surface area contributed by atoms with Crippen LogP contribution in [-0.2, 0) is 0 Å². The topological polar surface area (TPSA) is 54.5 Å². The second kappa shape index (κ2) is 8.56. The zero-order valence-electron chi connectivity index (χ0n) is 18.4. The van der Waals surface area contributed by atoms with Crippen molar-refractivity contribution < 1.29 is 9.53 Å². The van der Waals surface area contributed by atoms with Gasteiger partial charge in [0.05, 0.1) is 11.8 Å². The number of rotatable bonds is 5. The normalized spacial score (nSPS) is 13.7. The highest BCUT2D eigenvalue weighted by molar-refractivity contribution is 7.23. The quantitative estimate of drug-likeness (QED) is 0.367. The average Bonchev–Trinajstić information content (AvgIpc) is 3.53. The van der Waals surface area contributed by atoms with E-state index in [0.29, 0.717) is 16.4 Å². The van der Waals surface area contributed by atoms with Crippen molar-refractivity contribution in [2.45, 2.75) is 26.7 Å². The number of nitrogens with zero attached hydrogens (tertiary/aromatic N) is 2. The van der Waals surface area contributed by atoms with Gasteiger partial charge in [-0.1, -0.05) is 11.3 Å². The number of fused-ring (bicyclic) bond motifs is 1. The van der Waals surface area contributed by atoms with E-state index in [1.807, 2.05) is 25.1 Å². The molecule has 2 aromatic carbocycles. The third-order valence-corrected chi connectivity index (χ3v) is 7.92. The van der Waals surface area contributed by atoms with Crippen LogP contribution in [0.5, 0.6) is 5.75 Å². The van der Waals surface area contributed by atoms with Crippen molar-refractivity contribution in [2.75, 3.05) is 30.4 Å². The molecular formula is C25H25N3O2S2. The number of anilines is 2. The van der Waals surface area contributed by atoms with Gasteiger partial charge in [0.1, 0.15) is 11.3 Å².